The smallest absolute Gasteiger partial charge is 0.232 e. The zero-order valence-electron chi connectivity index (χ0n) is 21.5. The topological polar surface area (TPSA) is 74.8 Å². The zero-order valence-corrected chi connectivity index (χ0v) is 22.4. The van der Waals surface area contributed by atoms with E-state index in [1.807, 2.05) is 12.1 Å². The molecule has 200 valence electrons. The highest BCUT2D eigenvalue weighted by molar-refractivity contribution is 7.80. The fourth-order valence-corrected chi connectivity index (χ4v) is 5.68. The minimum absolute atomic E-state index is 0.177. The fourth-order valence-electron chi connectivity index (χ4n) is 5.52. The monoisotopic (exact) mass is 528 g/mol. The van der Waals surface area contributed by atoms with Gasteiger partial charge in [0.05, 0.1) is 13.2 Å². The van der Waals surface area contributed by atoms with Crippen LogP contribution in [-0.2, 0) is 14.9 Å². The number of benzene rings is 1. The Labute approximate surface area is 223 Å². The lowest BCUT2D eigenvalue weighted by Crippen LogP contribution is -2.45. The van der Waals surface area contributed by atoms with Crippen molar-refractivity contribution in [2.75, 3.05) is 74.3 Å². The molecule has 0 unspecified atom stereocenters. The summed E-state index contributed by atoms with van der Waals surface area (Å²) in [5.74, 6) is 2.73. The Kier molecular flexibility index (Phi) is 8.36. The second-order valence-corrected chi connectivity index (χ2v) is 10.8. The molecule has 8 nitrogen and oxygen atoms in total. The highest BCUT2D eigenvalue weighted by atomic mass is 32.1. The van der Waals surface area contributed by atoms with Crippen molar-refractivity contribution in [1.82, 2.24) is 15.3 Å². The van der Waals surface area contributed by atoms with Gasteiger partial charge in [-0.2, -0.15) is 9.97 Å². The Bertz CT molecular complexity index is 1060. The van der Waals surface area contributed by atoms with Crippen LogP contribution in [0.1, 0.15) is 38.2 Å². The third-order valence-electron chi connectivity index (χ3n) is 7.73. The average molecular weight is 529 g/mol. The number of hydrogen-bond acceptors (Lipinski definition) is 7. The molecule has 10 heteroatoms. The molecule has 1 atom stereocenters. The Balaban J connectivity index is 1.32. The second-order valence-electron chi connectivity index (χ2n) is 10.4. The lowest BCUT2D eigenvalue weighted by molar-refractivity contribution is 0.0515. The number of ether oxygens (including phenoxy) is 2. The van der Waals surface area contributed by atoms with Crippen molar-refractivity contribution in [3.63, 3.8) is 0 Å². The molecule has 4 heterocycles. The van der Waals surface area contributed by atoms with Crippen molar-refractivity contribution in [3.05, 3.63) is 41.7 Å². The van der Waals surface area contributed by atoms with Crippen LogP contribution in [0.2, 0.25) is 0 Å². The van der Waals surface area contributed by atoms with Gasteiger partial charge in [-0.05, 0) is 61.5 Å². The summed E-state index contributed by atoms with van der Waals surface area (Å²) in [6.07, 6.45) is 4.09. The molecule has 5 rings (SSSR count). The third-order valence-corrected chi connectivity index (χ3v) is 7.98. The standard InChI is InChI=1S/C27H37FN6O2S/c1-20-3-2-10-34(18-20)24-17-23(33-11-15-36-16-12-33)30-25(31-24)32-26(37)29-19-27(8-13-35-14-9-27)21-4-6-22(28)7-5-21/h4-7,17,20H,2-3,8-16,18-19H2,1H3,(H2,29,30,31,32,37)/t20-/m1/s1. The van der Waals surface area contributed by atoms with Crippen molar-refractivity contribution < 1.29 is 13.9 Å². The molecular weight excluding hydrogens is 491 g/mol. The van der Waals surface area contributed by atoms with Crippen LogP contribution in [0.4, 0.5) is 22.0 Å². The Morgan fingerprint density at radius 1 is 1.03 bits per heavy atom. The van der Waals surface area contributed by atoms with Gasteiger partial charge >= 0.3 is 0 Å². The van der Waals surface area contributed by atoms with Crippen LogP contribution in [0.3, 0.4) is 0 Å². The Hall–Kier alpha value is -2.56. The molecule has 0 amide bonds. The molecule has 3 aliphatic rings. The van der Waals surface area contributed by atoms with E-state index >= 15 is 0 Å². The normalized spacial score (nSPS) is 21.9. The van der Waals surface area contributed by atoms with Gasteiger partial charge in [0.1, 0.15) is 17.5 Å². The summed E-state index contributed by atoms with van der Waals surface area (Å²) < 4.78 is 24.8. The quantitative estimate of drug-likeness (QED) is 0.546. The first-order chi connectivity index (χ1) is 18.0. The second kappa shape index (κ2) is 11.9. The largest absolute Gasteiger partial charge is 0.381 e. The number of hydrogen-bond donors (Lipinski definition) is 2. The first-order valence-electron chi connectivity index (χ1n) is 13.4. The summed E-state index contributed by atoms with van der Waals surface area (Å²) in [5.41, 5.74) is 0.920. The van der Waals surface area contributed by atoms with Crippen LogP contribution in [0.15, 0.2) is 30.3 Å². The molecular formula is C27H37FN6O2S. The number of aromatic nitrogens is 2. The van der Waals surface area contributed by atoms with E-state index in [2.05, 4.69) is 33.4 Å². The number of anilines is 3. The number of morpholine rings is 1. The van der Waals surface area contributed by atoms with E-state index in [0.717, 1.165) is 62.6 Å². The molecule has 3 aliphatic heterocycles. The minimum Gasteiger partial charge on any atom is -0.381 e. The number of nitrogens with one attached hydrogen (secondary N) is 2. The number of piperidine rings is 1. The molecule has 0 radical (unpaired) electrons. The molecule has 37 heavy (non-hydrogen) atoms. The molecule has 0 aliphatic carbocycles. The van der Waals surface area contributed by atoms with Gasteiger partial charge in [-0.3, -0.25) is 0 Å². The van der Waals surface area contributed by atoms with Gasteiger partial charge in [-0.1, -0.05) is 19.1 Å². The lowest BCUT2D eigenvalue weighted by atomic mass is 9.74. The van der Waals surface area contributed by atoms with Crippen molar-refractivity contribution in [3.8, 4) is 0 Å². The maximum absolute atomic E-state index is 13.6. The van der Waals surface area contributed by atoms with E-state index < -0.39 is 0 Å². The Morgan fingerprint density at radius 2 is 1.70 bits per heavy atom. The summed E-state index contributed by atoms with van der Waals surface area (Å²) in [7, 11) is 0. The van der Waals surface area contributed by atoms with Gasteiger partial charge in [0.15, 0.2) is 5.11 Å². The average Bonchev–Trinajstić information content (AvgIpc) is 2.93. The number of halogens is 1. The molecule has 1 aromatic heterocycles. The maximum atomic E-state index is 13.6. The SMILES string of the molecule is C[C@@H]1CCCN(c2cc(N3CCOCC3)nc(NC(=S)NCC3(c4ccc(F)cc4)CCOCC3)n2)C1. The van der Waals surface area contributed by atoms with Crippen molar-refractivity contribution in [2.45, 2.75) is 38.0 Å². The van der Waals surface area contributed by atoms with Gasteiger partial charge < -0.3 is 29.9 Å². The minimum atomic E-state index is -0.229. The molecule has 0 bridgehead atoms. The van der Waals surface area contributed by atoms with E-state index in [0.29, 0.717) is 50.0 Å². The summed E-state index contributed by atoms with van der Waals surface area (Å²) in [6, 6.07) is 8.89. The van der Waals surface area contributed by atoms with Crippen LogP contribution >= 0.6 is 12.2 Å². The van der Waals surface area contributed by atoms with Crippen LogP contribution in [-0.4, -0.2) is 74.2 Å². The van der Waals surface area contributed by atoms with Gasteiger partial charge in [0.2, 0.25) is 5.95 Å². The van der Waals surface area contributed by atoms with Crippen molar-refractivity contribution in [1.29, 1.82) is 0 Å². The van der Waals surface area contributed by atoms with Gasteiger partial charge in [-0.25, -0.2) is 4.39 Å². The van der Waals surface area contributed by atoms with Crippen LogP contribution in [0.25, 0.3) is 0 Å². The summed E-state index contributed by atoms with van der Waals surface area (Å²) in [5, 5.41) is 7.13. The summed E-state index contributed by atoms with van der Waals surface area (Å²) >= 11 is 5.70. The first kappa shape index (κ1) is 26.1. The van der Waals surface area contributed by atoms with Gasteiger partial charge in [0.25, 0.3) is 0 Å². The summed E-state index contributed by atoms with van der Waals surface area (Å²) in [6.45, 7) is 9.22. The molecule has 1 aromatic carbocycles. The van der Waals surface area contributed by atoms with E-state index in [9.17, 15) is 4.39 Å². The highest BCUT2D eigenvalue weighted by Crippen LogP contribution is 2.34. The van der Waals surface area contributed by atoms with E-state index in [4.69, 9.17) is 31.7 Å². The molecule has 3 fully saturated rings. The molecule has 3 saturated heterocycles. The van der Waals surface area contributed by atoms with Crippen molar-refractivity contribution >= 4 is 34.9 Å². The zero-order chi connectivity index (χ0) is 25.7. The van der Waals surface area contributed by atoms with E-state index in [-0.39, 0.29) is 11.2 Å². The van der Waals surface area contributed by atoms with E-state index in [1.54, 1.807) is 0 Å². The van der Waals surface area contributed by atoms with Gasteiger partial charge in [0, 0.05) is 57.4 Å². The molecule has 0 saturated carbocycles. The molecule has 2 N–H and O–H groups in total. The maximum Gasteiger partial charge on any atom is 0.232 e. The van der Waals surface area contributed by atoms with E-state index in [1.165, 1.54) is 18.6 Å². The van der Waals surface area contributed by atoms with Crippen molar-refractivity contribution in [2.24, 2.45) is 5.92 Å². The summed E-state index contributed by atoms with van der Waals surface area (Å²) in [4.78, 5) is 14.3. The third kappa shape index (κ3) is 6.48. The highest BCUT2D eigenvalue weighted by Gasteiger charge is 2.34. The lowest BCUT2D eigenvalue weighted by Gasteiger charge is -2.38. The number of rotatable bonds is 6. The fraction of sp³-hybridized carbons (Fsp3) is 0.593. The predicted molar refractivity (Wildman–Crippen MR) is 148 cm³/mol. The van der Waals surface area contributed by atoms with Crippen LogP contribution in [0.5, 0.6) is 0 Å². The van der Waals surface area contributed by atoms with Crippen LogP contribution in [0, 0.1) is 11.7 Å². The van der Waals surface area contributed by atoms with Crippen LogP contribution < -0.4 is 20.4 Å². The predicted octanol–water partition coefficient (Wildman–Crippen LogP) is 3.72. The first-order valence-corrected chi connectivity index (χ1v) is 13.8. The number of thiocarbonyl (C=S) groups is 1. The van der Waals surface area contributed by atoms with Gasteiger partial charge in [-0.15, -0.1) is 0 Å². The molecule has 0 spiro atoms. The number of nitrogens with zero attached hydrogens (tertiary/aromatic N) is 4. The Morgan fingerprint density at radius 3 is 2.41 bits per heavy atom. The molecule has 2 aromatic rings.